The molecule has 11 aromatic rings. The molecule has 1 aromatic heterocycles. The van der Waals surface area contributed by atoms with E-state index in [0.717, 1.165) is 17.1 Å². The molecule has 0 bridgehead atoms. The molecule has 0 radical (unpaired) electrons. The van der Waals surface area contributed by atoms with Crippen molar-refractivity contribution in [3.63, 3.8) is 0 Å². The van der Waals surface area contributed by atoms with Crippen LogP contribution in [0.1, 0.15) is 0 Å². The number of aromatic nitrogens is 1. The Kier molecular flexibility index (Phi) is 7.26. The molecule has 0 spiro atoms. The molecule has 1 aliphatic rings. The first-order valence-corrected chi connectivity index (χ1v) is 20.0. The van der Waals surface area contributed by atoms with Crippen molar-refractivity contribution < 1.29 is 0 Å². The fourth-order valence-electron chi connectivity index (χ4n) is 9.24. The minimum Gasteiger partial charge on any atom is -0.310 e. The van der Waals surface area contributed by atoms with E-state index in [4.69, 9.17) is 0 Å². The van der Waals surface area contributed by atoms with E-state index < -0.39 is 0 Å². The molecule has 0 unspecified atom stereocenters. The van der Waals surface area contributed by atoms with Crippen LogP contribution in [0.15, 0.2) is 218 Å². The van der Waals surface area contributed by atoms with Crippen molar-refractivity contribution >= 4 is 60.4 Å². The number of nitrogens with zero attached hydrogens (tertiary/aromatic N) is 2. The van der Waals surface area contributed by atoms with Gasteiger partial charge in [-0.25, -0.2) is 0 Å². The summed E-state index contributed by atoms with van der Waals surface area (Å²) < 4.78 is 2.41. The summed E-state index contributed by atoms with van der Waals surface area (Å²) in [5.74, 6) is 0. The maximum absolute atomic E-state index is 2.41. The lowest BCUT2D eigenvalue weighted by Crippen LogP contribution is -2.10. The highest BCUT2D eigenvalue weighted by molar-refractivity contribution is 6.13. The molecule has 58 heavy (non-hydrogen) atoms. The van der Waals surface area contributed by atoms with E-state index in [-0.39, 0.29) is 0 Å². The molecule has 0 atom stereocenters. The quantitative estimate of drug-likeness (QED) is 0.165. The first-order chi connectivity index (χ1) is 28.7. The number of anilines is 3. The molecule has 0 N–H and O–H groups in total. The summed E-state index contributed by atoms with van der Waals surface area (Å²) in [6.07, 6.45) is 0. The van der Waals surface area contributed by atoms with Gasteiger partial charge in [-0.15, -0.1) is 0 Å². The van der Waals surface area contributed by atoms with Gasteiger partial charge < -0.3 is 9.47 Å². The first kappa shape index (κ1) is 32.6. The Morgan fingerprint density at radius 2 is 0.707 bits per heavy atom. The Labute approximate surface area is 337 Å². The van der Waals surface area contributed by atoms with Crippen molar-refractivity contribution in [2.75, 3.05) is 4.90 Å². The van der Waals surface area contributed by atoms with Gasteiger partial charge in [0.15, 0.2) is 0 Å². The molecule has 1 aliphatic carbocycles. The fraction of sp³-hybridized carbons (Fsp3) is 0. The van der Waals surface area contributed by atoms with Gasteiger partial charge in [0, 0.05) is 33.5 Å². The predicted molar refractivity (Wildman–Crippen MR) is 246 cm³/mol. The van der Waals surface area contributed by atoms with Crippen molar-refractivity contribution in [1.82, 2.24) is 4.57 Å². The minimum atomic E-state index is 1.12. The van der Waals surface area contributed by atoms with Crippen molar-refractivity contribution in [3.8, 4) is 50.2 Å². The molecule has 270 valence electrons. The number of para-hydroxylation sites is 2. The molecule has 1 heterocycles. The lowest BCUT2D eigenvalue weighted by molar-refractivity contribution is 1.19. The van der Waals surface area contributed by atoms with Gasteiger partial charge in [0.1, 0.15) is 0 Å². The second-order valence-electron chi connectivity index (χ2n) is 15.4. The van der Waals surface area contributed by atoms with Gasteiger partial charge in [-0.05, 0) is 151 Å². The van der Waals surface area contributed by atoms with Gasteiger partial charge >= 0.3 is 0 Å². The average Bonchev–Trinajstić information content (AvgIpc) is 3.63. The van der Waals surface area contributed by atoms with Crippen LogP contribution in [0.4, 0.5) is 17.1 Å². The summed E-state index contributed by atoms with van der Waals surface area (Å²) in [5, 5.41) is 7.54. The maximum Gasteiger partial charge on any atom is 0.0541 e. The van der Waals surface area contributed by atoms with Crippen LogP contribution in [0.3, 0.4) is 0 Å². The van der Waals surface area contributed by atoms with Gasteiger partial charge in [-0.1, -0.05) is 133 Å². The van der Waals surface area contributed by atoms with Crippen LogP contribution in [-0.2, 0) is 0 Å². The Balaban J connectivity index is 0.972. The highest BCUT2D eigenvalue weighted by Crippen LogP contribution is 2.51. The Morgan fingerprint density at radius 1 is 0.276 bits per heavy atom. The second kappa shape index (κ2) is 12.9. The van der Waals surface area contributed by atoms with Crippen LogP contribution >= 0.6 is 0 Å². The molecular weight excluding hydrogens is 701 g/mol. The molecule has 10 aromatic carbocycles. The molecule has 2 nitrogen and oxygen atoms in total. The summed E-state index contributed by atoms with van der Waals surface area (Å²) in [5.41, 5.74) is 17.1. The van der Waals surface area contributed by atoms with Crippen molar-refractivity contribution in [1.29, 1.82) is 0 Å². The normalized spacial score (nSPS) is 11.8. The number of hydrogen-bond donors (Lipinski definition) is 0. The molecule has 0 saturated heterocycles. The van der Waals surface area contributed by atoms with Crippen LogP contribution < -0.4 is 4.90 Å². The van der Waals surface area contributed by atoms with Gasteiger partial charge in [-0.3, -0.25) is 0 Å². The van der Waals surface area contributed by atoms with Gasteiger partial charge in [0.2, 0.25) is 0 Å². The van der Waals surface area contributed by atoms with Crippen LogP contribution in [-0.4, -0.2) is 4.57 Å². The third-order valence-corrected chi connectivity index (χ3v) is 12.0. The van der Waals surface area contributed by atoms with E-state index >= 15 is 0 Å². The summed E-state index contributed by atoms with van der Waals surface area (Å²) in [7, 11) is 0. The van der Waals surface area contributed by atoms with E-state index in [1.165, 1.54) is 93.5 Å². The van der Waals surface area contributed by atoms with Crippen LogP contribution in [0.2, 0.25) is 0 Å². The second-order valence-corrected chi connectivity index (χ2v) is 15.4. The summed E-state index contributed by atoms with van der Waals surface area (Å²) in [6.45, 7) is 0. The monoisotopic (exact) mass is 736 g/mol. The Morgan fingerprint density at radius 3 is 1.26 bits per heavy atom. The minimum absolute atomic E-state index is 1.12. The molecule has 2 heteroatoms. The number of fused-ring (bicyclic) bond motifs is 9. The lowest BCUT2D eigenvalue weighted by atomic mass is 9.78. The van der Waals surface area contributed by atoms with E-state index in [9.17, 15) is 0 Å². The van der Waals surface area contributed by atoms with E-state index in [2.05, 4.69) is 228 Å². The van der Waals surface area contributed by atoms with Crippen molar-refractivity contribution in [2.24, 2.45) is 0 Å². The molecule has 0 aliphatic heterocycles. The Bertz CT molecular complexity index is 3260. The van der Waals surface area contributed by atoms with E-state index in [1.54, 1.807) is 0 Å². The molecular formula is C56H36N2. The summed E-state index contributed by atoms with van der Waals surface area (Å²) >= 11 is 0. The van der Waals surface area contributed by atoms with Gasteiger partial charge in [-0.2, -0.15) is 0 Å². The number of rotatable bonds is 6. The number of benzene rings is 10. The predicted octanol–water partition coefficient (Wildman–Crippen LogP) is 15.5. The maximum atomic E-state index is 2.41. The van der Waals surface area contributed by atoms with Crippen molar-refractivity contribution in [2.45, 2.75) is 0 Å². The van der Waals surface area contributed by atoms with Gasteiger partial charge in [0.05, 0.1) is 11.0 Å². The summed E-state index contributed by atoms with van der Waals surface area (Å²) in [6, 6.07) is 79.9. The third kappa shape index (κ3) is 5.19. The van der Waals surface area contributed by atoms with Crippen LogP contribution in [0.25, 0.3) is 93.5 Å². The molecule has 0 fully saturated rings. The zero-order chi connectivity index (χ0) is 38.2. The first-order valence-electron chi connectivity index (χ1n) is 20.0. The highest BCUT2D eigenvalue weighted by Gasteiger charge is 2.25. The van der Waals surface area contributed by atoms with Crippen LogP contribution in [0.5, 0.6) is 0 Å². The zero-order valence-electron chi connectivity index (χ0n) is 31.7. The van der Waals surface area contributed by atoms with E-state index in [1.807, 2.05) is 0 Å². The smallest absolute Gasteiger partial charge is 0.0541 e. The third-order valence-electron chi connectivity index (χ3n) is 12.0. The topological polar surface area (TPSA) is 8.17 Å². The van der Waals surface area contributed by atoms with Gasteiger partial charge in [0.25, 0.3) is 0 Å². The Hall–Kier alpha value is -7.68. The molecule has 0 saturated carbocycles. The molecule has 12 rings (SSSR count). The fourth-order valence-corrected chi connectivity index (χ4v) is 9.24. The van der Waals surface area contributed by atoms with E-state index in [0.29, 0.717) is 0 Å². The standard InChI is InChI=1S/C56H36N2/c1-3-13-37(14-4-1)39-17-11-19-45(29-39)57(46-20-12-18-40(30-46)38-15-5-2-6-16-38)47-27-25-41-33-51-52-34-42-26-28-48(32-44(42)36-54(52)53(51)35-43(41)31-47)58-55-23-9-7-21-49(55)50-22-8-10-24-56(50)58/h1-36H. The zero-order valence-corrected chi connectivity index (χ0v) is 31.7. The number of hydrogen-bond acceptors (Lipinski definition) is 1. The highest BCUT2D eigenvalue weighted by atomic mass is 15.1. The van der Waals surface area contributed by atoms with Crippen LogP contribution in [0, 0.1) is 0 Å². The molecule has 0 amide bonds. The largest absolute Gasteiger partial charge is 0.310 e. The van der Waals surface area contributed by atoms with Crippen molar-refractivity contribution in [3.05, 3.63) is 218 Å². The SMILES string of the molecule is c1ccc(-c2cccc(N(c3cccc(-c4ccccc4)c3)c3ccc4cc5c(cc4c3)-c3cc4cc(-n6c7ccccc7c7ccccc76)ccc4cc3-5)c2)cc1. The lowest BCUT2D eigenvalue weighted by Gasteiger charge is -2.28. The summed E-state index contributed by atoms with van der Waals surface area (Å²) in [4.78, 5) is 2.40. The average molecular weight is 737 g/mol.